The summed E-state index contributed by atoms with van der Waals surface area (Å²) in [6.07, 6.45) is 2.57. The molecule has 0 aliphatic carbocycles. The molecule has 2 aromatic carbocycles. The number of nitro benzene ring substituents is 1. The van der Waals surface area contributed by atoms with Crippen molar-refractivity contribution in [2.75, 3.05) is 11.9 Å². The number of hydrogen-bond acceptors (Lipinski definition) is 5. The predicted molar refractivity (Wildman–Crippen MR) is 103 cm³/mol. The third kappa shape index (κ3) is 5.93. The molecule has 0 heterocycles. The third-order valence-corrected chi connectivity index (χ3v) is 3.86. The molecule has 1 amide bonds. The van der Waals surface area contributed by atoms with Crippen LogP contribution in [-0.2, 0) is 14.3 Å². The maximum Gasteiger partial charge on any atom is 0.331 e. The van der Waals surface area contributed by atoms with Gasteiger partial charge in [-0.3, -0.25) is 14.9 Å². The first-order chi connectivity index (χ1) is 12.8. The molecule has 0 unspecified atom stereocenters. The molecule has 0 aromatic heterocycles. The number of benzene rings is 2. The van der Waals surface area contributed by atoms with E-state index in [1.807, 2.05) is 19.9 Å². The second-order valence-corrected chi connectivity index (χ2v) is 6.18. The SMILES string of the molecule is Cc1cc(C)c(NC(=O)COC(=O)/C=C/c2ccc([N+](=O)[O-])cc2)c(Cl)c1. The average molecular weight is 389 g/mol. The van der Waals surface area contributed by atoms with Gasteiger partial charge in [0, 0.05) is 18.2 Å². The van der Waals surface area contributed by atoms with Gasteiger partial charge < -0.3 is 10.1 Å². The fraction of sp³-hybridized carbons (Fsp3) is 0.158. The van der Waals surface area contributed by atoms with Crippen LogP contribution in [-0.4, -0.2) is 23.4 Å². The lowest BCUT2D eigenvalue weighted by atomic mass is 10.1. The number of anilines is 1. The minimum Gasteiger partial charge on any atom is -0.452 e. The molecule has 27 heavy (non-hydrogen) atoms. The lowest BCUT2D eigenvalue weighted by Gasteiger charge is -2.11. The normalized spacial score (nSPS) is 10.6. The lowest BCUT2D eigenvalue weighted by molar-refractivity contribution is -0.384. The molecule has 1 N–H and O–H groups in total. The van der Waals surface area contributed by atoms with Gasteiger partial charge in [-0.15, -0.1) is 0 Å². The van der Waals surface area contributed by atoms with Gasteiger partial charge in [0.2, 0.25) is 0 Å². The zero-order valence-corrected chi connectivity index (χ0v) is 15.4. The van der Waals surface area contributed by atoms with Gasteiger partial charge in [0.05, 0.1) is 15.6 Å². The molecular weight excluding hydrogens is 372 g/mol. The number of nitrogens with zero attached hydrogens (tertiary/aromatic N) is 1. The molecule has 0 fully saturated rings. The molecule has 140 valence electrons. The van der Waals surface area contributed by atoms with E-state index >= 15 is 0 Å². The number of esters is 1. The molecule has 2 rings (SSSR count). The highest BCUT2D eigenvalue weighted by atomic mass is 35.5. The number of hydrogen-bond donors (Lipinski definition) is 1. The molecule has 0 spiro atoms. The zero-order chi connectivity index (χ0) is 20.0. The highest BCUT2D eigenvalue weighted by Crippen LogP contribution is 2.27. The molecule has 7 nitrogen and oxygen atoms in total. The van der Waals surface area contributed by atoms with Gasteiger partial charge in [0.25, 0.3) is 11.6 Å². The Bertz CT molecular complexity index is 884. The Morgan fingerprint density at radius 2 is 1.89 bits per heavy atom. The minimum atomic E-state index is -0.713. The van der Waals surface area contributed by atoms with Crippen molar-refractivity contribution in [3.8, 4) is 0 Å². The Labute approximate surface area is 160 Å². The summed E-state index contributed by atoms with van der Waals surface area (Å²) in [5.74, 6) is -1.23. The van der Waals surface area contributed by atoms with E-state index in [1.54, 1.807) is 6.07 Å². The predicted octanol–water partition coefficient (Wildman–Crippen LogP) is 4.06. The van der Waals surface area contributed by atoms with E-state index in [0.717, 1.165) is 17.2 Å². The second-order valence-electron chi connectivity index (χ2n) is 5.78. The Hall–Kier alpha value is -3.19. The zero-order valence-electron chi connectivity index (χ0n) is 14.7. The number of nitro groups is 1. The van der Waals surface area contributed by atoms with Crippen molar-refractivity contribution in [3.63, 3.8) is 0 Å². The Kier molecular flexibility index (Phi) is 6.67. The molecule has 0 saturated carbocycles. The summed E-state index contributed by atoms with van der Waals surface area (Å²) in [6.45, 7) is 3.24. The van der Waals surface area contributed by atoms with Crippen molar-refractivity contribution in [1.29, 1.82) is 0 Å². The van der Waals surface area contributed by atoms with Crippen molar-refractivity contribution in [3.05, 3.63) is 74.3 Å². The number of halogens is 1. The molecule has 0 aliphatic heterocycles. The smallest absolute Gasteiger partial charge is 0.331 e. The quantitative estimate of drug-likeness (QED) is 0.348. The number of aryl methyl sites for hydroxylation is 2. The van der Waals surface area contributed by atoms with E-state index in [4.69, 9.17) is 16.3 Å². The van der Waals surface area contributed by atoms with Gasteiger partial charge in [-0.1, -0.05) is 17.7 Å². The highest BCUT2D eigenvalue weighted by molar-refractivity contribution is 6.34. The van der Waals surface area contributed by atoms with Crippen molar-refractivity contribution in [1.82, 2.24) is 0 Å². The van der Waals surface area contributed by atoms with Crippen LogP contribution in [0.1, 0.15) is 16.7 Å². The van der Waals surface area contributed by atoms with E-state index in [-0.39, 0.29) is 5.69 Å². The Morgan fingerprint density at radius 1 is 1.22 bits per heavy atom. The summed E-state index contributed by atoms with van der Waals surface area (Å²) in [6, 6.07) is 9.25. The number of carbonyl (C=O) groups is 2. The summed E-state index contributed by atoms with van der Waals surface area (Å²) in [7, 11) is 0. The standard InChI is InChI=1S/C19H17ClN2O5/c1-12-9-13(2)19(16(20)10-12)21-17(23)11-27-18(24)8-5-14-3-6-15(7-4-14)22(25)26/h3-10H,11H2,1-2H3,(H,21,23)/b8-5+. The maximum absolute atomic E-state index is 11.9. The number of ether oxygens (including phenoxy) is 1. The van der Waals surface area contributed by atoms with E-state index in [2.05, 4.69) is 5.32 Å². The number of non-ortho nitro benzene ring substituents is 1. The van der Waals surface area contributed by atoms with Gasteiger partial charge in [-0.05, 0) is 54.8 Å². The summed E-state index contributed by atoms with van der Waals surface area (Å²) in [4.78, 5) is 33.7. The highest BCUT2D eigenvalue weighted by Gasteiger charge is 2.11. The molecule has 0 aliphatic rings. The Balaban J connectivity index is 1.88. The molecule has 8 heteroatoms. The number of rotatable bonds is 6. The molecule has 0 saturated heterocycles. The average Bonchev–Trinajstić information content (AvgIpc) is 2.61. The van der Waals surface area contributed by atoms with Crippen molar-refractivity contribution in [2.24, 2.45) is 0 Å². The monoisotopic (exact) mass is 388 g/mol. The first-order valence-electron chi connectivity index (χ1n) is 7.92. The third-order valence-electron chi connectivity index (χ3n) is 3.56. The molecule has 2 aromatic rings. The fourth-order valence-electron chi connectivity index (χ4n) is 2.31. The Morgan fingerprint density at radius 3 is 2.48 bits per heavy atom. The fourth-order valence-corrected chi connectivity index (χ4v) is 2.67. The van der Waals surface area contributed by atoms with Crippen molar-refractivity contribution >= 4 is 40.9 Å². The first-order valence-corrected chi connectivity index (χ1v) is 8.30. The van der Waals surface area contributed by atoms with Crippen molar-refractivity contribution in [2.45, 2.75) is 13.8 Å². The van der Waals surface area contributed by atoms with Gasteiger partial charge in [0.1, 0.15) is 0 Å². The summed E-state index contributed by atoms with van der Waals surface area (Å²) >= 11 is 6.11. The molecular formula is C19H17ClN2O5. The molecule has 0 radical (unpaired) electrons. The van der Waals surface area contributed by atoms with E-state index in [9.17, 15) is 19.7 Å². The minimum absolute atomic E-state index is 0.0449. The first kappa shape index (κ1) is 20.1. The molecule has 0 atom stereocenters. The van der Waals surface area contributed by atoms with Crippen LogP contribution in [0.2, 0.25) is 5.02 Å². The van der Waals surface area contributed by atoms with Crippen LogP contribution in [0.3, 0.4) is 0 Å². The van der Waals surface area contributed by atoms with E-state index < -0.39 is 23.4 Å². The second kappa shape index (κ2) is 8.95. The number of carbonyl (C=O) groups excluding carboxylic acids is 2. The van der Waals surface area contributed by atoms with Gasteiger partial charge in [-0.25, -0.2) is 4.79 Å². The molecule has 0 bridgehead atoms. The summed E-state index contributed by atoms with van der Waals surface area (Å²) in [5, 5.41) is 13.6. The number of nitrogens with one attached hydrogen (secondary N) is 1. The van der Waals surface area contributed by atoms with Gasteiger partial charge in [0.15, 0.2) is 6.61 Å². The van der Waals surface area contributed by atoms with E-state index in [1.165, 1.54) is 30.3 Å². The number of amides is 1. The van der Waals surface area contributed by atoms with Crippen LogP contribution in [0.15, 0.2) is 42.5 Å². The van der Waals surface area contributed by atoms with Crippen LogP contribution in [0.4, 0.5) is 11.4 Å². The van der Waals surface area contributed by atoms with Crippen LogP contribution in [0, 0.1) is 24.0 Å². The van der Waals surface area contributed by atoms with Crippen LogP contribution < -0.4 is 5.32 Å². The van der Waals surface area contributed by atoms with Crippen molar-refractivity contribution < 1.29 is 19.2 Å². The lowest BCUT2D eigenvalue weighted by Crippen LogP contribution is -2.20. The van der Waals surface area contributed by atoms with Crippen LogP contribution >= 0.6 is 11.6 Å². The topological polar surface area (TPSA) is 98.5 Å². The largest absolute Gasteiger partial charge is 0.452 e. The van der Waals surface area contributed by atoms with Crippen LogP contribution in [0.25, 0.3) is 6.08 Å². The van der Waals surface area contributed by atoms with Crippen LogP contribution in [0.5, 0.6) is 0 Å². The maximum atomic E-state index is 11.9. The van der Waals surface area contributed by atoms with Gasteiger partial charge in [-0.2, -0.15) is 0 Å². The van der Waals surface area contributed by atoms with Gasteiger partial charge >= 0.3 is 5.97 Å². The summed E-state index contributed by atoms with van der Waals surface area (Å²) < 4.78 is 4.87. The van der Waals surface area contributed by atoms with E-state index in [0.29, 0.717) is 16.3 Å². The summed E-state index contributed by atoms with van der Waals surface area (Å²) in [5.41, 5.74) is 2.79.